The maximum atomic E-state index is 12.6. The summed E-state index contributed by atoms with van der Waals surface area (Å²) in [6, 6.07) is 13.0. The number of hydrogen-bond acceptors (Lipinski definition) is 5. The number of carbonyl (C=O) groups is 2. The van der Waals surface area contributed by atoms with Crippen LogP contribution in [0, 0.1) is 0 Å². The van der Waals surface area contributed by atoms with Crippen LogP contribution in [-0.4, -0.2) is 74.1 Å². The van der Waals surface area contributed by atoms with Crippen molar-refractivity contribution < 1.29 is 18.0 Å². The normalized spacial score (nSPS) is 14.8. The van der Waals surface area contributed by atoms with Crippen LogP contribution in [-0.2, 0) is 26.0 Å². The van der Waals surface area contributed by atoms with E-state index >= 15 is 0 Å². The summed E-state index contributed by atoms with van der Waals surface area (Å²) < 4.78 is 26.7. The predicted octanol–water partition coefficient (Wildman–Crippen LogP) is 2.72. The standard InChI is InChI=1S/C21H26ClN3O4S2/c1-23(31(28,29)21-11-10-18(22)30-21)16-20(27)25-14-12-24(13-15-25)19(26)9-5-8-17-6-3-2-4-7-17/h2-4,6-7,10-11H,5,8-9,12-16H2,1H3. The molecular weight excluding hydrogens is 458 g/mol. The van der Waals surface area contributed by atoms with Crippen molar-refractivity contribution in [2.75, 3.05) is 39.8 Å². The first kappa shape index (κ1) is 23.7. The largest absolute Gasteiger partial charge is 0.339 e. The van der Waals surface area contributed by atoms with E-state index in [-0.39, 0.29) is 22.6 Å². The van der Waals surface area contributed by atoms with Gasteiger partial charge >= 0.3 is 0 Å². The first-order valence-corrected chi connectivity index (χ1v) is 12.7. The molecule has 3 rings (SSSR count). The molecule has 1 aliphatic heterocycles. The van der Waals surface area contributed by atoms with Crippen molar-refractivity contribution in [2.45, 2.75) is 23.5 Å². The Balaban J connectivity index is 1.43. The fraction of sp³-hybridized carbons (Fsp3) is 0.429. The van der Waals surface area contributed by atoms with Crippen LogP contribution < -0.4 is 0 Å². The van der Waals surface area contributed by atoms with Gasteiger partial charge in [0.1, 0.15) is 4.21 Å². The lowest BCUT2D eigenvalue weighted by molar-refractivity contribution is -0.139. The molecule has 1 aromatic carbocycles. The van der Waals surface area contributed by atoms with Gasteiger partial charge in [-0.05, 0) is 30.5 Å². The summed E-state index contributed by atoms with van der Waals surface area (Å²) in [6.45, 7) is 1.49. The molecule has 0 aliphatic carbocycles. The molecule has 0 atom stereocenters. The Labute approximate surface area is 192 Å². The molecule has 0 N–H and O–H groups in total. The molecule has 0 unspecified atom stereocenters. The number of sulfonamides is 1. The Bertz CT molecular complexity index is 1000. The average molecular weight is 484 g/mol. The Morgan fingerprint density at radius 2 is 1.61 bits per heavy atom. The smallest absolute Gasteiger partial charge is 0.252 e. The van der Waals surface area contributed by atoms with Crippen molar-refractivity contribution in [3.05, 3.63) is 52.4 Å². The summed E-state index contributed by atoms with van der Waals surface area (Å²) in [5, 5.41) is 0. The van der Waals surface area contributed by atoms with Crippen LogP contribution >= 0.6 is 22.9 Å². The summed E-state index contributed by atoms with van der Waals surface area (Å²) in [7, 11) is -2.37. The lowest BCUT2D eigenvalue weighted by Gasteiger charge is -2.35. The van der Waals surface area contributed by atoms with Gasteiger partial charge in [0.25, 0.3) is 10.0 Å². The highest BCUT2D eigenvalue weighted by Gasteiger charge is 2.29. The van der Waals surface area contributed by atoms with Crippen LogP contribution in [0.2, 0.25) is 4.34 Å². The van der Waals surface area contributed by atoms with Gasteiger partial charge in [-0.15, -0.1) is 11.3 Å². The molecule has 1 saturated heterocycles. The number of rotatable bonds is 8. The summed E-state index contributed by atoms with van der Waals surface area (Å²) in [5.41, 5.74) is 1.22. The molecule has 1 aromatic heterocycles. The average Bonchev–Trinajstić information content (AvgIpc) is 3.21. The highest BCUT2D eigenvalue weighted by Crippen LogP contribution is 2.27. The molecule has 2 aromatic rings. The minimum Gasteiger partial charge on any atom is -0.339 e. The number of nitrogens with zero attached hydrogens (tertiary/aromatic N) is 3. The summed E-state index contributed by atoms with van der Waals surface area (Å²) in [6.07, 6.45) is 2.13. The van der Waals surface area contributed by atoms with Gasteiger partial charge in [0.2, 0.25) is 11.8 Å². The number of likely N-dealkylation sites (N-methyl/N-ethyl adjacent to an activating group) is 1. The van der Waals surface area contributed by atoms with Gasteiger partial charge < -0.3 is 9.80 Å². The van der Waals surface area contributed by atoms with E-state index < -0.39 is 10.0 Å². The minimum absolute atomic E-state index is 0.0947. The maximum Gasteiger partial charge on any atom is 0.252 e. The molecule has 168 valence electrons. The second kappa shape index (κ2) is 10.6. The number of carbonyl (C=O) groups excluding carboxylic acids is 2. The molecule has 1 aliphatic rings. The summed E-state index contributed by atoms with van der Waals surface area (Å²) in [5.74, 6) is -0.179. The molecule has 1 fully saturated rings. The van der Waals surface area contributed by atoms with E-state index in [1.54, 1.807) is 9.80 Å². The highest BCUT2D eigenvalue weighted by molar-refractivity contribution is 7.91. The third-order valence-corrected chi connectivity index (χ3v) is 8.76. The van der Waals surface area contributed by atoms with Crippen molar-refractivity contribution >= 4 is 44.8 Å². The van der Waals surface area contributed by atoms with Gasteiger partial charge in [-0.2, -0.15) is 4.31 Å². The topological polar surface area (TPSA) is 78.0 Å². The molecule has 2 amide bonds. The van der Waals surface area contributed by atoms with Gasteiger partial charge in [-0.25, -0.2) is 8.42 Å². The van der Waals surface area contributed by atoms with Gasteiger partial charge in [0.05, 0.1) is 10.9 Å². The third-order valence-electron chi connectivity index (χ3n) is 5.26. The Kier molecular flexibility index (Phi) is 8.10. The number of thiophene rings is 1. The van der Waals surface area contributed by atoms with Crippen molar-refractivity contribution in [1.29, 1.82) is 0 Å². The number of benzene rings is 1. The summed E-state index contributed by atoms with van der Waals surface area (Å²) in [4.78, 5) is 28.4. The fourth-order valence-electron chi connectivity index (χ4n) is 3.42. The van der Waals surface area contributed by atoms with Crippen LogP contribution in [0.1, 0.15) is 18.4 Å². The number of aryl methyl sites for hydroxylation is 1. The first-order valence-electron chi connectivity index (χ1n) is 10.1. The molecule has 10 heteroatoms. The van der Waals surface area contributed by atoms with E-state index in [4.69, 9.17) is 11.6 Å². The van der Waals surface area contributed by atoms with Crippen LogP contribution in [0.5, 0.6) is 0 Å². The predicted molar refractivity (Wildman–Crippen MR) is 122 cm³/mol. The lowest BCUT2D eigenvalue weighted by Crippen LogP contribution is -2.52. The SMILES string of the molecule is CN(CC(=O)N1CCN(C(=O)CCCc2ccccc2)CC1)S(=O)(=O)c1ccc(Cl)s1. The van der Waals surface area contributed by atoms with Gasteiger partial charge in [-0.1, -0.05) is 41.9 Å². The maximum absolute atomic E-state index is 12.6. The van der Waals surface area contributed by atoms with Crippen molar-refractivity contribution in [2.24, 2.45) is 0 Å². The number of piperazine rings is 1. The van der Waals surface area contributed by atoms with Gasteiger partial charge in [-0.3, -0.25) is 9.59 Å². The van der Waals surface area contributed by atoms with Gasteiger partial charge in [0.15, 0.2) is 0 Å². The molecule has 31 heavy (non-hydrogen) atoms. The van der Waals surface area contributed by atoms with E-state index in [2.05, 4.69) is 12.1 Å². The number of hydrogen-bond donors (Lipinski definition) is 0. The Hall–Kier alpha value is -1.94. The van der Waals surface area contributed by atoms with E-state index in [1.807, 2.05) is 18.2 Å². The van der Waals surface area contributed by atoms with Crippen LogP contribution in [0.15, 0.2) is 46.7 Å². The molecular formula is C21H26ClN3O4S2. The zero-order valence-corrected chi connectivity index (χ0v) is 19.8. The number of halogens is 1. The molecule has 2 heterocycles. The minimum atomic E-state index is -3.75. The van der Waals surface area contributed by atoms with E-state index in [0.29, 0.717) is 36.9 Å². The van der Waals surface area contributed by atoms with E-state index in [1.165, 1.54) is 24.7 Å². The van der Waals surface area contributed by atoms with Crippen molar-refractivity contribution in [1.82, 2.24) is 14.1 Å². The zero-order chi connectivity index (χ0) is 22.4. The molecule has 0 bridgehead atoms. The Morgan fingerprint density at radius 1 is 1.00 bits per heavy atom. The summed E-state index contributed by atoms with van der Waals surface area (Å²) >= 11 is 6.79. The fourth-order valence-corrected chi connectivity index (χ4v) is 6.23. The molecule has 0 radical (unpaired) electrons. The Morgan fingerprint density at radius 3 is 2.19 bits per heavy atom. The van der Waals surface area contributed by atoms with Gasteiger partial charge in [0, 0.05) is 39.6 Å². The number of amides is 2. The molecule has 7 nitrogen and oxygen atoms in total. The third kappa shape index (κ3) is 6.29. The highest BCUT2D eigenvalue weighted by atomic mass is 35.5. The van der Waals surface area contributed by atoms with Crippen molar-refractivity contribution in [3.63, 3.8) is 0 Å². The molecule has 0 spiro atoms. The molecule has 0 saturated carbocycles. The van der Waals surface area contributed by atoms with Crippen molar-refractivity contribution in [3.8, 4) is 0 Å². The van der Waals surface area contributed by atoms with E-state index in [0.717, 1.165) is 28.5 Å². The quantitative estimate of drug-likeness (QED) is 0.578. The van der Waals surface area contributed by atoms with Crippen LogP contribution in [0.25, 0.3) is 0 Å². The van der Waals surface area contributed by atoms with Crippen LogP contribution in [0.4, 0.5) is 0 Å². The monoisotopic (exact) mass is 483 g/mol. The lowest BCUT2D eigenvalue weighted by atomic mass is 10.1. The second-order valence-electron chi connectivity index (χ2n) is 7.42. The van der Waals surface area contributed by atoms with Crippen LogP contribution in [0.3, 0.4) is 0 Å². The second-order valence-corrected chi connectivity index (χ2v) is 11.4. The first-order chi connectivity index (χ1) is 14.8. The van der Waals surface area contributed by atoms with E-state index in [9.17, 15) is 18.0 Å². The zero-order valence-electron chi connectivity index (χ0n) is 17.4.